The first kappa shape index (κ1) is 18.2. The summed E-state index contributed by atoms with van der Waals surface area (Å²) in [6.07, 6.45) is 1.61. The summed E-state index contributed by atoms with van der Waals surface area (Å²) in [7, 11) is 0. The maximum atomic E-state index is 12.3. The van der Waals surface area contributed by atoms with Crippen LogP contribution in [0.5, 0.6) is 0 Å². The molecular formula is C18H27ClN4O2+2. The van der Waals surface area contributed by atoms with E-state index in [0.29, 0.717) is 6.67 Å². The predicted molar refractivity (Wildman–Crippen MR) is 95.5 cm³/mol. The van der Waals surface area contributed by atoms with Gasteiger partial charge in [-0.05, 0) is 18.6 Å². The molecule has 0 unspecified atom stereocenters. The molecule has 0 spiro atoms. The molecule has 2 aliphatic rings. The van der Waals surface area contributed by atoms with Crippen molar-refractivity contribution < 1.29 is 19.4 Å². The van der Waals surface area contributed by atoms with Crippen LogP contribution >= 0.6 is 11.6 Å². The van der Waals surface area contributed by atoms with Gasteiger partial charge in [-0.15, -0.1) is 0 Å². The number of hydrogen-bond donors (Lipinski definition) is 3. The summed E-state index contributed by atoms with van der Waals surface area (Å²) in [5, 5.41) is 3.56. The molecule has 136 valence electrons. The Bertz CT molecular complexity index is 614. The Morgan fingerprint density at radius 3 is 2.40 bits per heavy atom. The maximum absolute atomic E-state index is 12.3. The van der Waals surface area contributed by atoms with Crippen molar-refractivity contribution in [2.24, 2.45) is 0 Å². The zero-order valence-electron chi connectivity index (χ0n) is 14.7. The molecule has 2 heterocycles. The van der Waals surface area contributed by atoms with E-state index in [0.717, 1.165) is 50.6 Å². The van der Waals surface area contributed by atoms with Gasteiger partial charge in [0.15, 0.2) is 6.67 Å². The number of amides is 3. The topological polar surface area (TPSA) is 58.3 Å². The molecule has 25 heavy (non-hydrogen) atoms. The van der Waals surface area contributed by atoms with Gasteiger partial charge in [0.2, 0.25) is 0 Å². The number of carbonyl (C=O) groups is 2. The molecule has 3 N–H and O–H groups in total. The minimum absolute atomic E-state index is 0.0599. The van der Waals surface area contributed by atoms with E-state index in [2.05, 4.69) is 17.4 Å². The number of carbonyl (C=O) groups excluding carboxylic acids is 2. The van der Waals surface area contributed by atoms with Crippen molar-refractivity contribution in [2.75, 3.05) is 32.8 Å². The lowest BCUT2D eigenvalue weighted by Gasteiger charge is -2.31. The Morgan fingerprint density at radius 2 is 1.76 bits per heavy atom. The summed E-state index contributed by atoms with van der Waals surface area (Å²) in [5.74, 6) is -0.0599. The number of urea groups is 1. The summed E-state index contributed by atoms with van der Waals surface area (Å²) in [5.41, 5.74) is 1.29. The van der Waals surface area contributed by atoms with Gasteiger partial charge < -0.3 is 15.1 Å². The third-order valence-corrected chi connectivity index (χ3v) is 5.35. The lowest BCUT2D eigenvalue weighted by atomic mass is 10.2. The zero-order valence-corrected chi connectivity index (χ0v) is 15.4. The molecule has 0 radical (unpaired) electrons. The number of piperazine rings is 1. The molecule has 7 heteroatoms. The molecule has 1 atom stereocenters. The predicted octanol–water partition coefficient (Wildman–Crippen LogP) is -0.699. The fourth-order valence-corrected chi connectivity index (χ4v) is 3.74. The second-order valence-electron chi connectivity index (χ2n) is 7.02. The van der Waals surface area contributed by atoms with Gasteiger partial charge in [-0.1, -0.05) is 37.1 Å². The highest BCUT2D eigenvalue weighted by molar-refractivity contribution is 6.30. The summed E-state index contributed by atoms with van der Waals surface area (Å²) in [6.45, 7) is 7.53. The first-order valence-electron chi connectivity index (χ1n) is 9.10. The molecule has 3 rings (SSSR count). The van der Waals surface area contributed by atoms with Gasteiger partial charge in [0.25, 0.3) is 5.91 Å². The molecular weight excluding hydrogens is 340 g/mol. The normalized spacial score (nSPS) is 26.8. The summed E-state index contributed by atoms with van der Waals surface area (Å²) < 4.78 is 0. The number of rotatable bonds is 6. The third-order valence-electron chi connectivity index (χ3n) is 5.10. The molecule has 6 nitrogen and oxygen atoms in total. The van der Waals surface area contributed by atoms with E-state index in [9.17, 15) is 9.59 Å². The minimum atomic E-state index is -0.325. The monoisotopic (exact) mass is 366 g/mol. The van der Waals surface area contributed by atoms with E-state index in [1.54, 1.807) is 0 Å². The van der Waals surface area contributed by atoms with Crippen molar-refractivity contribution in [3.63, 3.8) is 0 Å². The van der Waals surface area contributed by atoms with Gasteiger partial charge in [-0.25, -0.2) is 9.69 Å². The molecule has 2 fully saturated rings. The molecule has 2 saturated heterocycles. The fraction of sp³-hybridized carbons (Fsp3) is 0.556. The SMILES string of the molecule is CCC[C@H]1NC(=O)N(C[NH+]2CC[NH+](Cc3ccc(Cl)cc3)CC2)C1=O. The van der Waals surface area contributed by atoms with E-state index < -0.39 is 0 Å². The molecule has 0 aliphatic carbocycles. The third kappa shape index (κ3) is 4.51. The van der Waals surface area contributed by atoms with Gasteiger partial charge in [0, 0.05) is 10.6 Å². The van der Waals surface area contributed by atoms with Gasteiger partial charge in [0.05, 0.1) is 0 Å². The van der Waals surface area contributed by atoms with E-state index in [1.165, 1.54) is 20.3 Å². The highest BCUT2D eigenvalue weighted by Gasteiger charge is 2.40. The van der Waals surface area contributed by atoms with Crippen molar-refractivity contribution in [1.29, 1.82) is 0 Å². The Morgan fingerprint density at radius 1 is 1.12 bits per heavy atom. The van der Waals surface area contributed by atoms with Crippen LogP contribution < -0.4 is 15.1 Å². The Kier molecular flexibility index (Phi) is 5.93. The van der Waals surface area contributed by atoms with Crippen LogP contribution in [0.3, 0.4) is 0 Å². The number of benzene rings is 1. The van der Waals surface area contributed by atoms with Crippen molar-refractivity contribution in [3.05, 3.63) is 34.9 Å². The average molecular weight is 367 g/mol. The van der Waals surface area contributed by atoms with E-state index in [1.807, 2.05) is 19.1 Å². The van der Waals surface area contributed by atoms with Gasteiger partial charge in [0.1, 0.15) is 38.8 Å². The second kappa shape index (κ2) is 8.17. The number of quaternary nitrogens is 2. The quantitative estimate of drug-likeness (QED) is 0.583. The summed E-state index contributed by atoms with van der Waals surface area (Å²) in [6, 6.07) is 7.47. The summed E-state index contributed by atoms with van der Waals surface area (Å²) in [4.78, 5) is 28.6. The number of nitrogens with zero attached hydrogens (tertiary/aromatic N) is 1. The second-order valence-corrected chi connectivity index (χ2v) is 7.45. The molecule has 0 saturated carbocycles. The summed E-state index contributed by atoms with van der Waals surface area (Å²) >= 11 is 5.93. The zero-order chi connectivity index (χ0) is 17.8. The Balaban J connectivity index is 1.47. The minimum Gasteiger partial charge on any atom is -0.326 e. The van der Waals surface area contributed by atoms with Crippen molar-refractivity contribution in [1.82, 2.24) is 10.2 Å². The lowest BCUT2D eigenvalue weighted by molar-refractivity contribution is -1.02. The lowest BCUT2D eigenvalue weighted by Crippen LogP contribution is -3.28. The molecule has 0 aromatic heterocycles. The van der Waals surface area contributed by atoms with Crippen LogP contribution in [-0.2, 0) is 11.3 Å². The van der Waals surface area contributed by atoms with Gasteiger partial charge in [-0.2, -0.15) is 0 Å². The van der Waals surface area contributed by atoms with Crippen molar-refractivity contribution in [2.45, 2.75) is 32.4 Å². The first-order valence-corrected chi connectivity index (χ1v) is 9.48. The van der Waals surface area contributed by atoms with E-state index in [-0.39, 0.29) is 18.0 Å². The molecule has 2 aliphatic heterocycles. The fourth-order valence-electron chi connectivity index (χ4n) is 3.62. The van der Waals surface area contributed by atoms with Gasteiger partial charge >= 0.3 is 6.03 Å². The van der Waals surface area contributed by atoms with E-state index >= 15 is 0 Å². The van der Waals surface area contributed by atoms with Crippen LogP contribution in [0.2, 0.25) is 5.02 Å². The average Bonchev–Trinajstić information content (AvgIpc) is 2.86. The smallest absolute Gasteiger partial charge is 0.326 e. The van der Waals surface area contributed by atoms with Crippen LogP contribution in [0, 0.1) is 0 Å². The number of hydrogen-bond acceptors (Lipinski definition) is 2. The largest absolute Gasteiger partial charge is 0.329 e. The highest BCUT2D eigenvalue weighted by atomic mass is 35.5. The Labute approximate surface area is 153 Å². The Hall–Kier alpha value is -1.63. The van der Waals surface area contributed by atoms with Crippen molar-refractivity contribution in [3.8, 4) is 0 Å². The van der Waals surface area contributed by atoms with Crippen LogP contribution in [-0.4, -0.2) is 55.7 Å². The molecule has 3 amide bonds. The molecule has 1 aromatic rings. The maximum Gasteiger partial charge on any atom is 0.329 e. The van der Waals surface area contributed by atoms with Crippen LogP contribution in [0.25, 0.3) is 0 Å². The number of nitrogens with one attached hydrogen (secondary N) is 3. The first-order chi connectivity index (χ1) is 12.1. The number of halogens is 1. The van der Waals surface area contributed by atoms with Crippen LogP contribution in [0.15, 0.2) is 24.3 Å². The van der Waals surface area contributed by atoms with Gasteiger partial charge in [-0.3, -0.25) is 4.79 Å². The molecule has 1 aromatic carbocycles. The standard InChI is InChI=1S/C18H25ClN4O2/c1-2-3-16-17(24)23(18(25)20-16)13-22-10-8-21(9-11-22)12-14-4-6-15(19)7-5-14/h4-7,16H,2-3,8-13H2,1H3,(H,20,25)/p+2/t16-/m1/s1. The van der Waals surface area contributed by atoms with E-state index in [4.69, 9.17) is 11.6 Å². The highest BCUT2D eigenvalue weighted by Crippen LogP contribution is 2.10. The van der Waals surface area contributed by atoms with Crippen LogP contribution in [0.1, 0.15) is 25.3 Å². The van der Waals surface area contributed by atoms with Crippen LogP contribution in [0.4, 0.5) is 4.79 Å². The number of imide groups is 1. The van der Waals surface area contributed by atoms with Crippen molar-refractivity contribution >= 4 is 23.5 Å². The molecule has 0 bridgehead atoms.